The average molecular weight is 288 g/mol. The number of likely N-dealkylation sites (tertiary alicyclic amines) is 1. The van der Waals surface area contributed by atoms with Crippen LogP contribution in [0.3, 0.4) is 0 Å². The van der Waals surface area contributed by atoms with Gasteiger partial charge in [0.1, 0.15) is 5.75 Å². The standard InChI is InChI=1S/C17H24N2O2/c1-20-16-6-4-10-19(13-16)12-14-7-8-17(21-2)15(11-14)5-3-9-18/h7-8,11,16H,4,6,9-10,12-13,18H2,1-2H3. The molecule has 1 fully saturated rings. The van der Waals surface area contributed by atoms with Crippen molar-refractivity contribution in [1.82, 2.24) is 4.90 Å². The van der Waals surface area contributed by atoms with Gasteiger partial charge in [-0.05, 0) is 37.1 Å². The number of hydrogen-bond donors (Lipinski definition) is 1. The van der Waals surface area contributed by atoms with E-state index in [-0.39, 0.29) is 0 Å². The van der Waals surface area contributed by atoms with E-state index in [0.717, 1.165) is 37.4 Å². The van der Waals surface area contributed by atoms with Gasteiger partial charge in [0.25, 0.3) is 0 Å². The van der Waals surface area contributed by atoms with E-state index in [2.05, 4.69) is 28.9 Å². The zero-order valence-electron chi connectivity index (χ0n) is 12.9. The highest BCUT2D eigenvalue weighted by atomic mass is 16.5. The maximum atomic E-state index is 5.47. The minimum Gasteiger partial charge on any atom is -0.495 e. The summed E-state index contributed by atoms with van der Waals surface area (Å²) in [5.41, 5.74) is 7.60. The molecule has 0 radical (unpaired) electrons. The van der Waals surface area contributed by atoms with Gasteiger partial charge in [0.05, 0.1) is 25.3 Å². The summed E-state index contributed by atoms with van der Waals surface area (Å²) in [5.74, 6) is 6.77. The van der Waals surface area contributed by atoms with Crippen molar-refractivity contribution in [2.75, 3.05) is 33.9 Å². The molecular weight excluding hydrogens is 264 g/mol. The molecule has 21 heavy (non-hydrogen) atoms. The number of hydrogen-bond acceptors (Lipinski definition) is 4. The fourth-order valence-electron chi connectivity index (χ4n) is 2.70. The van der Waals surface area contributed by atoms with E-state index in [0.29, 0.717) is 12.6 Å². The third-order valence-electron chi connectivity index (χ3n) is 3.79. The van der Waals surface area contributed by atoms with Crippen molar-refractivity contribution in [3.63, 3.8) is 0 Å². The van der Waals surface area contributed by atoms with Gasteiger partial charge in [-0.1, -0.05) is 17.9 Å². The van der Waals surface area contributed by atoms with Crippen LogP contribution in [0.4, 0.5) is 0 Å². The van der Waals surface area contributed by atoms with Crippen LogP contribution in [-0.2, 0) is 11.3 Å². The normalized spacial score (nSPS) is 18.9. The molecule has 1 atom stereocenters. The number of methoxy groups -OCH3 is 2. The van der Waals surface area contributed by atoms with Gasteiger partial charge in [-0.25, -0.2) is 0 Å². The van der Waals surface area contributed by atoms with Gasteiger partial charge in [-0.3, -0.25) is 4.90 Å². The predicted molar refractivity (Wildman–Crippen MR) is 84.2 cm³/mol. The molecule has 1 aromatic rings. The molecule has 0 saturated carbocycles. The minimum absolute atomic E-state index is 0.355. The highest BCUT2D eigenvalue weighted by molar-refractivity contribution is 5.48. The Morgan fingerprint density at radius 3 is 2.95 bits per heavy atom. The Kier molecular flexibility index (Phi) is 6.06. The van der Waals surface area contributed by atoms with Gasteiger partial charge >= 0.3 is 0 Å². The third-order valence-corrected chi connectivity index (χ3v) is 3.79. The molecule has 0 spiro atoms. The smallest absolute Gasteiger partial charge is 0.134 e. The number of benzene rings is 1. The lowest BCUT2D eigenvalue weighted by Gasteiger charge is -2.31. The fraction of sp³-hybridized carbons (Fsp3) is 0.529. The van der Waals surface area contributed by atoms with E-state index < -0.39 is 0 Å². The molecular formula is C17H24N2O2. The van der Waals surface area contributed by atoms with Crippen LogP contribution in [0.5, 0.6) is 5.75 Å². The molecule has 0 amide bonds. The van der Waals surface area contributed by atoms with Crippen molar-refractivity contribution in [3.8, 4) is 17.6 Å². The molecule has 1 aliphatic heterocycles. The second-order valence-corrected chi connectivity index (χ2v) is 5.28. The van der Waals surface area contributed by atoms with Crippen LogP contribution in [0.15, 0.2) is 18.2 Å². The monoisotopic (exact) mass is 288 g/mol. The summed E-state index contributed by atoms with van der Waals surface area (Å²) in [5, 5.41) is 0. The van der Waals surface area contributed by atoms with E-state index in [1.165, 1.54) is 12.0 Å². The summed E-state index contributed by atoms with van der Waals surface area (Å²) in [6, 6.07) is 6.17. The Morgan fingerprint density at radius 2 is 2.24 bits per heavy atom. The number of piperidine rings is 1. The second-order valence-electron chi connectivity index (χ2n) is 5.28. The summed E-state index contributed by atoms with van der Waals surface area (Å²) in [6.45, 7) is 3.39. The molecule has 1 aromatic carbocycles. The first-order chi connectivity index (χ1) is 10.3. The van der Waals surface area contributed by atoms with Gasteiger partial charge < -0.3 is 15.2 Å². The van der Waals surface area contributed by atoms with Crippen LogP contribution in [0.25, 0.3) is 0 Å². The molecule has 0 aliphatic carbocycles. The molecule has 2 rings (SSSR count). The quantitative estimate of drug-likeness (QED) is 0.855. The molecule has 2 N–H and O–H groups in total. The van der Waals surface area contributed by atoms with E-state index in [4.69, 9.17) is 15.2 Å². The lowest BCUT2D eigenvalue weighted by atomic mass is 10.1. The molecule has 114 valence electrons. The Bertz CT molecular complexity index is 519. The number of nitrogens with two attached hydrogens (primary N) is 1. The molecule has 1 heterocycles. The Balaban J connectivity index is 2.09. The van der Waals surface area contributed by atoms with Crippen LogP contribution >= 0.6 is 0 Å². The van der Waals surface area contributed by atoms with E-state index in [1.54, 1.807) is 14.2 Å². The summed E-state index contributed by atoms with van der Waals surface area (Å²) in [7, 11) is 3.46. The third kappa shape index (κ3) is 4.47. The van der Waals surface area contributed by atoms with Crippen LogP contribution in [-0.4, -0.2) is 44.9 Å². The maximum absolute atomic E-state index is 5.47. The summed E-state index contributed by atoms with van der Waals surface area (Å²) >= 11 is 0. The van der Waals surface area contributed by atoms with E-state index in [9.17, 15) is 0 Å². The zero-order chi connectivity index (χ0) is 15.1. The van der Waals surface area contributed by atoms with Crippen molar-refractivity contribution in [2.45, 2.75) is 25.5 Å². The lowest BCUT2D eigenvalue weighted by molar-refractivity contribution is 0.0285. The fourth-order valence-corrected chi connectivity index (χ4v) is 2.70. The number of nitrogens with zero attached hydrogens (tertiary/aromatic N) is 1. The molecule has 1 aliphatic rings. The van der Waals surface area contributed by atoms with Crippen molar-refractivity contribution >= 4 is 0 Å². The van der Waals surface area contributed by atoms with Crippen molar-refractivity contribution in [2.24, 2.45) is 5.73 Å². The topological polar surface area (TPSA) is 47.7 Å². The van der Waals surface area contributed by atoms with Gasteiger partial charge in [0.15, 0.2) is 0 Å². The second kappa shape index (κ2) is 8.04. The molecule has 1 unspecified atom stereocenters. The average Bonchev–Trinajstić information content (AvgIpc) is 2.53. The minimum atomic E-state index is 0.355. The number of rotatable bonds is 4. The predicted octanol–water partition coefficient (Wildman–Crippen LogP) is 1.62. The Hall–Kier alpha value is -1.54. The van der Waals surface area contributed by atoms with Crippen molar-refractivity contribution in [1.29, 1.82) is 0 Å². The van der Waals surface area contributed by atoms with Gasteiger partial charge in [-0.2, -0.15) is 0 Å². The van der Waals surface area contributed by atoms with Gasteiger partial charge in [0, 0.05) is 20.2 Å². The summed E-state index contributed by atoms with van der Waals surface area (Å²) < 4.78 is 10.8. The first kappa shape index (κ1) is 15.8. The SMILES string of the molecule is COc1ccc(CN2CCCC(OC)C2)cc1C#CCN. The first-order valence-electron chi connectivity index (χ1n) is 7.37. The van der Waals surface area contributed by atoms with E-state index in [1.807, 2.05) is 6.07 Å². The van der Waals surface area contributed by atoms with Gasteiger partial charge in [-0.15, -0.1) is 0 Å². The lowest BCUT2D eigenvalue weighted by Crippen LogP contribution is -2.38. The molecule has 0 bridgehead atoms. The van der Waals surface area contributed by atoms with Crippen LogP contribution < -0.4 is 10.5 Å². The Morgan fingerprint density at radius 1 is 1.38 bits per heavy atom. The maximum Gasteiger partial charge on any atom is 0.134 e. The number of ether oxygens (including phenoxy) is 2. The summed E-state index contributed by atoms with van der Waals surface area (Å²) in [4.78, 5) is 2.43. The Labute approximate surface area is 127 Å². The largest absolute Gasteiger partial charge is 0.495 e. The first-order valence-corrected chi connectivity index (χ1v) is 7.37. The van der Waals surface area contributed by atoms with Crippen LogP contribution in [0.1, 0.15) is 24.0 Å². The highest BCUT2D eigenvalue weighted by Gasteiger charge is 2.19. The van der Waals surface area contributed by atoms with Gasteiger partial charge in [0.2, 0.25) is 0 Å². The molecule has 1 saturated heterocycles. The van der Waals surface area contributed by atoms with Crippen LogP contribution in [0.2, 0.25) is 0 Å². The molecule has 4 nitrogen and oxygen atoms in total. The molecule has 4 heteroatoms. The van der Waals surface area contributed by atoms with Crippen molar-refractivity contribution in [3.05, 3.63) is 29.3 Å². The summed E-state index contributed by atoms with van der Waals surface area (Å²) in [6.07, 6.45) is 2.70. The zero-order valence-corrected chi connectivity index (χ0v) is 12.9. The van der Waals surface area contributed by atoms with E-state index >= 15 is 0 Å². The highest BCUT2D eigenvalue weighted by Crippen LogP contribution is 2.21. The van der Waals surface area contributed by atoms with Crippen molar-refractivity contribution < 1.29 is 9.47 Å². The van der Waals surface area contributed by atoms with Crippen LogP contribution in [0, 0.1) is 11.8 Å². The molecule has 0 aromatic heterocycles.